The van der Waals surface area contributed by atoms with Gasteiger partial charge in [0.15, 0.2) is 0 Å². The molecular weight excluding hydrogens is 250 g/mol. The number of aromatic hydroxyl groups is 1. The molecule has 0 saturated heterocycles. The summed E-state index contributed by atoms with van der Waals surface area (Å²) < 4.78 is 0. The molecule has 1 heterocycles. The summed E-state index contributed by atoms with van der Waals surface area (Å²) in [6.45, 7) is 0.391. The van der Waals surface area contributed by atoms with Gasteiger partial charge in [0.05, 0.1) is 6.54 Å². The largest absolute Gasteiger partial charge is 0.508 e. The van der Waals surface area contributed by atoms with Crippen LogP contribution < -0.4 is 4.90 Å². The number of fused-ring (bicyclic) bond motifs is 1. The number of benzene rings is 2. The van der Waals surface area contributed by atoms with Gasteiger partial charge < -0.3 is 10.0 Å². The lowest BCUT2D eigenvalue weighted by molar-refractivity contribution is 0.0996. The monoisotopic (exact) mass is 259 g/mol. The standard InChI is InChI=1S/C14H10ClNO2/c15-9-4-6-10(7-5-9)16-8-12-11(14(16)18)2-1-3-13(12)17/h1-7,17H,8H2. The van der Waals surface area contributed by atoms with Gasteiger partial charge in [0.25, 0.3) is 5.91 Å². The minimum Gasteiger partial charge on any atom is -0.508 e. The third kappa shape index (κ3) is 1.64. The number of carbonyl (C=O) groups is 1. The van der Waals surface area contributed by atoms with Gasteiger partial charge in [-0.15, -0.1) is 0 Å². The normalized spacial score (nSPS) is 13.8. The van der Waals surface area contributed by atoms with Crippen LogP contribution in [0, 0.1) is 0 Å². The van der Waals surface area contributed by atoms with Crippen molar-refractivity contribution < 1.29 is 9.90 Å². The number of carbonyl (C=O) groups excluding carboxylic acids is 1. The van der Waals surface area contributed by atoms with E-state index in [4.69, 9.17) is 11.6 Å². The van der Waals surface area contributed by atoms with Crippen molar-refractivity contribution in [2.24, 2.45) is 0 Å². The highest BCUT2D eigenvalue weighted by atomic mass is 35.5. The van der Waals surface area contributed by atoms with E-state index < -0.39 is 0 Å². The molecule has 0 spiro atoms. The summed E-state index contributed by atoms with van der Waals surface area (Å²) in [4.78, 5) is 13.8. The summed E-state index contributed by atoms with van der Waals surface area (Å²) in [5.74, 6) is 0.0699. The third-order valence-electron chi connectivity index (χ3n) is 3.08. The van der Waals surface area contributed by atoms with E-state index in [1.54, 1.807) is 47.4 Å². The predicted octanol–water partition coefficient (Wildman–Crippen LogP) is 3.21. The van der Waals surface area contributed by atoms with Crippen LogP contribution in [-0.4, -0.2) is 11.0 Å². The Kier molecular flexibility index (Phi) is 2.49. The highest BCUT2D eigenvalue weighted by Crippen LogP contribution is 2.33. The van der Waals surface area contributed by atoms with E-state index in [9.17, 15) is 9.90 Å². The number of hydrogen-bond donors (Lipinski definition) is 1. The van der Waals surface area contributed by atoms with Crippen LogP contribution in [0.1, 0.15) is 15.9 Å². The van der Waals surface area contributed by atoms with Gasteiger partial charge >= 0.3 is 0 Å². The van der Waals surface area contributed by atoms with Gasteiger partial charge in [-0.3, -0.25) is 4.79 Å². The summed E-state index contributed by atoms with van der Waals surface area (Å²) in [6.07, 6.45) is 0. The first-order chi connectivity index (χ1) is 8.66. The van der Waals surface area contributed by atoms with Crippen LogP contribution in [0.5, 0.6) is 5.75 Å². The Bertz CT molecular complexity index is 622. The molecule has 1 N–H and O–H groups in total. The first-order valence-electron chi connectivity index (χ1n) is 5.55. The Labute approximate surface area is 109 Å². The number of phenols is 1. The molecule has 0 atom stereocenters. The maximum absolute atomic E-state index is 12.2. The lowest BCUT2D eigenvalue weighted by Gasteiger charge is -2.15. The Hall–Kier alpha value is -2.00. The van der Waals surface area contributed by atoms with Crippen LogP contribution in [-0.2, 0) is 6.54 Å². The summed E-state index contributed by atoms with van der Waals surface area (Å²) in [5, 5.41) is 10.4. The van der Waals surface area contributed by atoms with Gasteiger partial charge in [0, 0.05) is 21.8 Å². The SMILES string of the molecule is O=C1c2cccc(O)c2CN1c1ccc(Cl)cc1. The first kappa shape index (κ1) is 11.1. The molecular formula is C14H10ClNO2. The molecule has 0 aromatic heterocycles. The van der Waals surface area contributed by atoms with Crippen LogP contribution in [0.25, 0.3) is 0 Å². The summed E-state index contributed by atoms with van der Waals surface area (Å²) in [5.41, 5.74) is 2.02. The van der Waals surface area contributed by atoms with Gasteiger partial charge in [-0.2, -0.15) is 0 Å². The average Bonchev–Trinajstić information content (AvgIpc) is 2.70. The van der Waals surface area contributed by atoms with Crippen molar-refractivity contribution in [3.8, 4) is 5.75 Å². The molecule has 1 amide bonds. The summed E-state index contributed by atoms with van der Waals surface area (Å²) >= 11 is 5.83. The van der Waals surface area contributed by atoms with E-state index >= 15 is 0 Å². The topological polar surface area (TPSA) is 40.5 Å². The number of halogens is 1. The molecule has 1 aliphatic heterocycles. The summed E-state index contributed by atoms with van der Waals surface area (Å²) in [6, 6.07) is 12.1. The number of nitrogens with zero attached hydrogens (tertiary/aromatic N) is 1. The molecule has 2 aromatic carbocycles. The Morgan fingerprint density at radius 3 is 2.50 bits per heavy atom. The second-order valence-electron chi connectivity index (χ2n) is 4.17. The lowest BCUT2D eigenvalue weighted by atomic mass is 10.1. The Morgan fingerprint density at radius 1 is 1.11 bits per heavy atom. The fraction of sp³-hybridized carbons (Fsp3) is 0.0714. The molecule has 0 fully saturated rings. The Morgan fingerprint density at radius 2 is 1.83 bits per heavy atom. The molecule has 0 saturated carbocycles. The van der Waals surface area contributed by atoms with Crippen LogP contribution in [0.4, 0.5) is 5.69 Å². The van der Waals surface area contributed by atoms with E-state index in [0.717, 1.165) is 5.69 Å². The molecule has 0 bridgehead atoms. The number of rotatable bonds is 1. The molecule has 0 radical (unpaired) electrons. The molecule has 0 aliphatic carbocycles. The third-order valence-corrected chi connectivity index (χ3v) is 3.33. The predicted molar refractivity (Wildman–Crippen MR) is 70.1 cm³/mol. The van der Waals surface area contributed by atoms with Crippen molar-refractivity contribution in [1.29, 1.82) is 0 Å². The molecule has 4 heteroatoms. The van der Waals surface area contributed by atoms with E-state index in [1.807, 2.05) is 0 Å². The van der Waals surface area contributed by atoms with Gasteiger partial charge in [0.2, 0.25) is 0 Å². The highest BCUT2D eigenvalue weighted by molar-refractivity contribution is 6.30. The smallest absolute Gasteiger partial charge is 0.259 e. The zero-order valence-corrected chi connectivity index (χ0v) is 10.2. The van der Waals surface area contributed by atoms with E-state index in [2.05, 4.69) is 0 Å². The summed E-state index contributed by atoms with van der Waals surface area (Å²) in [7, 11) is 0. The second kappa shape index (κ2) is 4.03. The zero-order valence-electron chi connectivity index (χ0n) is 9.43. The van der Waals surface area contributed by atoms with Crippen LogP contribution in [0.15, 0.2) is 42.5 Å². The van der Waals surface area contributed by atoms with E-state index in [-0.39, 0.29) is 11.7 Å². The van der Waals surface area contributed by atoms with Crippen molar-refractivity contribution in [1.82, 2.24) is 0 Å². The van der Waals surface area contributed by atoms with Crippen LogP contribution >= 0.6 is 11.6 Å². The van der Waals surface area contributed by atoms with E-state index in [0.29, 0.717) is 22.7 Å². The molecule has 90 valence electrons. The van der Waals surface area contributed by atoms with Crippen molar-refractivity contribution in [3.05, 3.63) is 58.6 Å². The Balaban J connectivity index is 2.02. The van der Waals surface area contributed by atoms with Crippen LogP contribution in [0.3, 0.4) is 0 Å². The molecule has 2 aromatic rings. The van der Waals surface area contributed by atoms with Gasteiger partial charge in [-0.1, -0.05) is 17.7 Å². The minimum atomic E-state index is -0.0942. The van der Waals surface area contributed by atoms with Crippen molar-refractivity contribution in [3.63, 3.8) is 0 Å². The lowest BCUT2D eigenvalue weighted by Crippen LogP contribution is -2.22. The maximum atomic E-state index is 12.2. The number of amides is 1. The van der Waals surface area contributed by atoms with Crippen molar-refractivity contribution in [2.75, 3.05) is 4.90 Å². The second-order valence-corrected chi connectivity index (χ2v) is 4.61. The fourth-order valence-electron chi connectivity index (χ4n) is 2.15. The highest BCUT2D eigenvalue weighted by Gasteiger charge is 2.30. The number of hydrogen-bond acceptors (Lipinski definition) is 2. The molecule has 0 unspecified atom stereocenters. The molecule has 18 heavy (non-hydrogen) atoms. The minimum absolute atomic E-state index is 0.0942. The molecule has 3 nitrogen and oxygen atoms in total. The molecule has 1 aliphatic rings. The van der Waals surface area contributed by atoms with E-state index in [1.165, 1.54) is 0 Å². The number of anilines is 1. The molecule has 3 rings (SSSR count). The van der Waals surface area contributed by atoms with Gasteiger partial charge in [0.1, 0.15) is 5.75 Å². The maximum Gasteiger partial charge on any atom is 0.259 e. The average molecular weight is 260 g/mol. The first-order valence-corrected chi connectivity index (χ1v) is 5.93. The van der Waals surface area contributed by atoms with Crippen LogP contribution in [0.2, 0.25) is 5.02 Å². The van der Waals surface area contributed by atoms with Crippen molar-refractivity contribution >= 4 is 23.2 Å². The van der Waals surface area contributed by atoms with Gasteiger partial charge in [-0.25, -0.2) is 0 Å². The van der Waals surface area contributed by atoms with Crippen molar-refractivity contribution in [2.45, 2.75) is 6.54 Å². The quantitative estimate of drug-likeness (QED) is 0.854. The number of phenolic OH excluding ortho intramolecular Hbond substituents is 1. The van der Waals surface area contributed by atoms with Gasteiger partial charge in [-0.05, 0) is 36.4 Å². The fourth-order valence-corrected chi connectivity index (χ4v) is 2.27. The zero-order chi connectivity index (χ0) is 12.7.